The summed E-state index contributed by atoms with van der Waals surface area (Å²) < 4.78 is 0. The summed E-state index contributed by atoms with van der Waals surface area (Å²) in [6.45, 7) is 14.0. The molecular weight excluding hydrogens is 484 g/mol. The average molecular weight is 551 g/mol. The van der Waals surface area contributed by atoms with Crippen molar-refractivity contribution in [3.8, 4) is 0 Å². The topological polar surface area (TPSA) is 6.48 Å². The van der Waals surface area contributed by atoms with Gasteiger partial charge in [0.2, 0.25) is 0 Å². The predicted molar refractivity (Wildman–Crippen MR) is 183 cm³/mol. The lowest BCUT2D eigenvalue weighted by Crippen LogP contribution is -2.28. The van der Waals surface area contributed by atoms with Crippen molar-refractivity contribution in [1.29, 1.82) is 0 Å². The zero-order chi connectivity index (χ0) is 28.7. The molecule has 40 heavy (non-hydrogen) atoms. The standard InChI is InChI=1S/C38H66N2/c1-5-9-13-17-21-31-39(32-22-18-14-10-6-2)36-29-25-27-35-28-26-30-37(38(35)36)40(33-23-19-15-11-7-3)34-24-20-16-12-8-4/h25-30H,5-24,31-34H2,1-4H3. The number of anilines is 2. The molecule has 2 heteroatoms. The number of fused-ring (bicyclic) bond motifs is 1. The molecule has 0 aliphatic carbocycles. The highest BCUT2D eigenvalue weighted by atomic mass is 15.1. The van der Waals surface area contributed by atoms with Gasteiger partial charge in [0, 0.05) is 42.9 Å². The molecule has 228 valence electrons. The van der Waals surface area contributed by atoms with E-state index in [1.165, 1.54) is 177 Å². The normalized spacial score (nSPS) is 11.4. The summed E-state index contributed by atoms with van der Waals surface area (Å²) in [5.74, 6) is 0. The molecule has 2 aromatic rings. The Balaban J connectivity index is 2.31. The lowest BCUT2D eigenvalue weighted by molar-refractivity contribution is 0.588. The van der Waals surface area contributed by atoms with Crippen LogP contribution in [-0.4, -0.2) is 26.2 Å². The van der Waals surface area contributed by atoms with E-state index in [0.717, 1.165) is 0 Å². The molecular formula is C38H66N2. The van der Waals surface area contributed by atoms with E-state index in [9.17, 15) is 0 Å². The Hall–Kier alpha value is -1.70. The van der Waals surface area contributed by atoms with E-state index in [1.54, 1.807) is 0 Å². The largest absolute Gasteiger partial charge is 0.371 e. The Morgan fingerprint density at radius 2 is 0.675 bits per heavy atom. The van der Waals surface area contributed by atoms with Crippen molar-refractivity contribution in [2.24, 2.45) is 0 Å². The van der Waals surface area contributed by atoms with E-state index >= 15 is 0 Å². The molecule has 0 spiro atoms. The highest BCUT2D eigenvalue weighted by molar-refractivity contribution is 6.03. The second-order valence-electron chi connectivity index (χ2n) is 12.3. The molecule has 0 fully saturated rings. The number of nitrogens with zero attached hydrogens (tertiary/aromatic N) is 2. The fraction of sp³-hybridized carbons (Fsp3) is 0.737. The van der Waals surface area contributed by atoms with Crippen molar-refractivity contribution in [3.05, 3.63) is 36.4 Å². The van der Waals surface area contributed by atoms with Crippen LogP contribution in [0, 0.1) is 0 Å². The zero-order valence-corrected chi connectivity index (χ0v) is 27.3. The predicted octanol–water partition coefficient (Wildman–Crippen LogP) is 12.3. The maximum absolute atomic E-state index is 2.77. The molecule has 0 aliphatic rings. The minimum atomic E-state index is 1.19. The molecule has 0 aromatic heterocycles. The summed E-state index contributed by atoms with van der Waals surface area (Å²) in [5, 5.41) is 2.92. The summed E-state index contributed by atoms with van der Waals surface area (Å²) >= 11 is 0. The van der Waals surface area contributed by atoms with E-state index in [2.05, 4.69) is 73.9 Å². The number of benzene rings is 2. The van der Waals surface area contributed by atoms with E-state index in [-0.39, 0.29) is 0 Å². The molecule has 0 unspecified atom stereocenters. The van der Waals surface area contributed by atoms with Gasteiger partial charge in [-0.1, -0.05) is 155 Å². The average Bonchev–Trinajstić information content (AvgIpc) is 2.98. The Labute approximate surface area is 250 Å². The molecule has 2 nitrogen and oxygen atoms in total. The Morgan fingerprint density at radius 1 is 0.375 bits per heavy atom. The molecule has 0 saturated heterocycles. The molecule has 0 radical (unpaired) electrons. The first kappa shape index (κ1) is 34.5. The second kappa shape index (κ2) is 22.9. The first-order valence-electron chi connectivity index (χ1n) is 17.8. The van der Waals surface area contributed by atoms with E-state index in [1.807, 2.05) is 0 Å². The van der Waals surface area contributed by atoms with Gasteiger partial charge in [-0.25, -0.2) is 0 Å². The molecule has 0 atom stereocenters. The van der Waals surface area contributed by atoms with Crippen LogP contribution >= 0.6 is 0 Å². The number of unbranched alkanes of at least 4 members (excludes halogenated alkanes) is 16. The van der Waals surface area contributed by atoms with Crippen molar-refractivity contribution in [3.63, 3.8) is 0 Å². The van der Waals surface area contributed by atoms with Gasteiger partial charge in [0.25, 0.3) is 0 Å². The third-order valence-corrected chi connectivity index (χ3v) is 8.67. The first-order chi connectivity index (χ1) is 19.8. The second-order valence-corrected chi connectivity index (χ2v) is 12.3. The maximum Gasteiger partial charge on any atom is 0.0466 e. The highest BCUT2D eigenvalue weighted by Gasteiger charge is 2.17. The summed E-state index contributed by atoms with van der Waals surface area (Å²) in [5.41, 5.74) is 2.97. The van der Waals surface area contributed by atoms with Gasteiger partial charge >= 0.3 is 0 Å². The Bertz CT molecular complexity index is 765. The van der Waals surface area contributed by atoms with Gasteiger partial charge < -0.3 is 9.80 Å². The quantitative estimate of drug-likeness (QED) is 0.107. The van der Waals surface area contributed by atoms with Gasteiger partial charge in [-0.05, 0) is 43.2 Å². The minimum absolute atomic E-state index is 1.19. The van der Waals surface area contributed by atoms with Crippen LogP contribution in [0.4, 0.5) is 11.4 Å². The Morgan fingerprint density at radius 3 is 0.975 bits per heavy atom. The fourth-order valence-electron chi connectivity index (χ4n) is 6.16. The molecule has 0 N–H and O–H groups in total. The summed E-state index contributed by atoms with van der Waals surface area (Å²) in [4.78, 5) is 5.54. The number of hydrogen-bond acceptors (Lipinski definition) is 2. The van der Waals surface area contributed by atoms with Crippen LogP contribution in [0.15, 0.2) is 36.4 Å². The summed E-state index contributed by atoms with van der Waals surface area (Å²) in [7, 11) is 0. The van der Waals surface area contributed by atoms with Gasteiger partial charge in [0.15, 0.2) is 0 Å². The van der Waals surface area contributed by atoms with Crippen LogP contribution in [0.5, 0.6) is 0 Å². The van der Waals surface area contributed by atoms with E-state index < -0.39 is 0 Å². The monoisotopic (exact) mass is 551 g/mol. The maximum atomic E-state index is 2.77. The molecule has 0 aliphatic heterocycles. The van der Waals surface area contributed by atoms with Crippen molar-refractivity contribution >= 4 is 22.1 Å². The third kappa shape index (κ3) is 13.3. The SMILES string of the molecule is CCCCCCCN(CCCCCCC)c1cccc2cccc(N(CCCCCCC)CCCCCCC)c12. The lowest BCUT2D eigenvalue weighted by Gasteiger charge is -2.31. The summed E-state index contributed by atoms with van der Waals surface area (Å²) in [6.07, 6.45) is 27.0. The van der Waals surface area contributed by atoms with Gasteiger partial charge in [0.1, 0.15) is 0 Å². The number of hydrogen-bond donors (Lipinski definition) is 0. The first-order valence-corrected chi connectivity index (χ1v) is 17.8. The van der Waals surface area contributed by atoms with Crippen LogP contribution in [0.1, 0.15) is 156 Å². The molecule has 0 bridgehead atoms. The van der Waals surface area contributed by atoms with E-state index in [0.29, 0.717) is 0 Å². The minimum Gasteiger partial charge on any atom is -0.371 e. The fourth-order valence-corrected chi connectivity index (χ4v) is 6.16. The lowest BCUT2D eigenvalue weighted by atomic mass is 10.0. The van der Waals surface area contributed by atoms with Gasteiger partial charge in [0.05, 0.1) is 0 Å². The van der Waals surface area contributed by atoms with Crippen molar-refractivity contribution < 1.29 is 0 Å². The van der Waals surface area contributed by atoms with Crippen LogP contribution in [0.25, 0.3) is 10.8 Å². The number of rotatable bonds is 26. The van der Waals surface area contributed by atoms with E-state index in [4.69, 9.17) is 0 Å². The summed E-state index contributed by atoms with van der Waals surface area (Å²) in [6, 6.07) is 14.2. The van der Waals surface area contributed by atoms with Crippen LogP contribution in [0.2, 0.25) is 0 Å². The Kier molecular flexibility index (Phi) is 19.8. The molecule has 0 saturated carbocycles. The molecule has 0 heterocycles. The van der Waals surface area contributed by atoms with Gasteiger partial charge in [-0.3, -0.25) is 0 Å². The van der Waals surface area contributed by atoms with Crippen molar-refractivity contribution in [1.82, 2.24) is 0 Å². The van der Waals surface area contributed by atoms with Crippen molar-refractivity contribution in [2.75, 3.05) is 36.0 Å². The van der Waals surface area contributed by atoms with Gasteiger partial charge in [-0.15, -0.1) is 0 Å². The molecule has 2 rings (SSSR count). The van der Waals surface area contributed by atoms with Gasteiger partial charge in [-0.2, -0.15) is 0 Å². The molecule has 0 amide bonds. The van der Waals surface area contributed by atoms with Crippen molar-refractivity contribution in [2.45, 2.75) is 156 Å². The smallest absolute Gasteiger partial charge is 0.0466 e. The van der Waals surface area contributed by atoms with Crippen LogP contribution < -0.4 is 9.80 Å². The zero-order valence-electron chi connectivity index (χ0n) is 27.3. The van der Waals surface area contributed by atoms with Crippen LogP contribution in [0.3, 0.4) is 0 Å². The van der Waals surface area contributed by atoms with Crippen LogP contribution in [-0.2, 0) is 0 Å². The molecule has 2 aromatic carbocycles. The highest BCUT2D eigenvalue weighted by Crippen LogP contribution is 2.36. The third-order valence-electron chi connectivity index (χ3n) is 8.67.